The average Bonchev–Trinajstić information content (AvgIpc) is 3.29. The number of hydrogen-bond donors (Lipinski definition) is 0. The Kier molecular flexibility index (Phi) is 7.01. The van der Waals surface area contributed by atoms with Crippen LogP contribution >= 0.6 is 0 Å². The van der Waals surface area contributed by atoms with Gasteiger partial charge in [0.15, 0.2) is 6.04 Å². The van der Waals surface area contributed by atoms with Crippen molar-refractivity contribution < 1.29 is 14.2 Å². The van der Waals surface area contributed by atoms with E-state index in [1.54, 1.807) is 7.11 Å². The second kappa shape index (κ2) is 10.5. The molecule has 0 aliphatic carbocycles. The van der Waals surface area contributed by atoms with Gasteiger partial charge in [0.25, 0.3) is 0 Å². The Balaban J connectivity index is 1.34. The molecule has 3 aromatic carbocycles. The van der Waals surface area contributed by atoms with Gasteiger partial charge in [-0.3, -0.25) is 0 Å². The summed E-state index contributed by atoms with van der Waals surface area (Å²) in [6, 6.07) is 27.5. The zero-order valence-corrected chi connectivity index (χ0v) is 18.0. The molecule has 1 aliphatic heterocycles. The normalized spacial score (nSPS) is 15.2. The first-order chi connectivity index (χ1) is 15.8. The van der Waals surface area contributed by atoms with Gasteiger partial charge in [-0.15, -0.1) is 0 Å². The molecule has 4 rings (SSSR count). The molecule has 6 heteroatoms. The van der Waals surface area contributed by atoms with Crippen LogP contribution in [0.25, 0.3) is 0 Å². The van der Waals surface area contributed by atoms with Crippen molar-refractivity contribution in [1.82, 2.24) is 0 Å². The standard InChI is InChI=1S/C26H25N3O3/c1-30-24-11-7-21(8-12-24)26-28-22(17-27)18-29(26)23-9-13-25(14-10-23)32-16-15-31-19-20-5-3-2-4-6-20/h2-14,22H,15-16,18-19H2,1H3. The molecule has 0 saturated heterocycles. The maximum absolute atomic E-state index is 9.40. The molecule has 32 heavy (non-hydrogen) atoms. The molecule has 0 spiro atoms. The molecule has 3 aromatic rings. The van der Waals surface area contributed by atoms with Crippen LogP contribution in [0.3, 0.4) is 0 Å². The van der Waals surface area contributed by atoms with E-state index in [0.717, 1.165) is 34.1 Å². The number of benzene rings is 3. The SMILES string of the molecule is COc1ccc(C2=NC(C#N)CN2c2ccc(OCCOCc3ccccc3)cc2)cc1. The highest BCUT2D eigenvalue weighted by Crippen LogP contribution is 2.26. The lowest BCUT2D eigenvalue weighted by Gasteiger charge is -2.21. The number of amidine groups is 1. The lowest BCUT2D eigenvalue weighted by atomic mass is 10.1. The highest BCUT2D eigenvalue weighted by Gasteiger charge is 2.27. The lowest BCUT2D eigenvalue weighted by molar-refractivity contribution is 0.0889. The number of nitriles is 1. The van der Waals surface area contributed by atoms with Crippen LogP contribution in [0, 0.1) is 11.3 Å². The van der Waals surface area contributed by atoms with Crippen LogP contribution in [0.5, 0.6) is 11.5 Å². The van der Waals surface area contributed by atoms with Crippen LogP contribution in [0.2, 0.25) is 0 Å². The van der Waals surface area contributed by atoms with Crippen LogP contribution in [0.15, 0.2) is 83.9 Å². The van der Waals surface area contributed by atoms with Gasteiger partial charge in [-0.2, -0.15) is 5.26 Å². The Labute approximate surface area is 188 Å². The third kappa shape index (κ3) is 5.26. The van der Waals surface area contributed by atoms with Gasteiger partial charge < -0.3 is 19.1 Å². The van der Waals surface area contributed by atoms with Crippen molar-refractivity contribution in [2.45, 2.75) is 12.6 Å². The monoisotopic (exact) mass is 427 g/mol. The summed E-state index contributed by atoms with van der Waals surface area (Å²) in [5, 5.41) is 9.40. The van der Waals surface area contributed by atoms with Crippen molar-refractivity contribution in [3.8, 4) is 17.6 Å². The van der Waals surface area contributed by atoms with E-state index in [9.17, 15) is 5.26 Å². The van der Waals surface area contributed by atoms with Gasteiger partial charge in [0.05, 0.1) is 32.9 Å². The number of hydrogen-bond acceptors (Lipinski definition) is 6. The van der Waals surface area contributed by atoms with Crippen LogP contribution in [0.1, 0.15) is 11.1 Å². The Morgan fingerprint density at radius 1 is 0.938 bits per heavy atom. The van der Waals surface area contributed by atoms with Crippen LogP contribution in [-0.4, -0.2) is 38.7 Å². The molecular weight excluding hydrogens is 402 g/mol. The fourth-order valence-corrected chi connectivity index (χ4v) is 3.49. The minimum atomic E-state index is -0.398. The highest BCUT2D eigenvalue weighted by atomic mass is 16.5. The first-order valence-electron chi connectivity index (χ1n) is 10.5. The van der Waals surface area contributed by atoms with Crippen molar-refractivity contribution >= 4 is 11.5 Å². The van der Waals surface area contributed by atoms with Gasteiger partial charge in [0.1, 0.15) is 23.9 Å². The summed E-state index contributed by atoms with van der Waals surface area (Å²) in [6.07, 6.45) is 0. The summed E-state index contributed by atoms with van der Waals surface area (Å²) in [5.41, 5.74) is 3.05. The minimum Gasteiger partial charge on any atom is -0.497 e. The van der Waals surface area contributed by atoms with Gasteiger partial charge in [0, 0.05) is 11.3 Å². The van der Waals surface area contributed by atoms with Crippen LogP contribution in [0.4, 0.5) is 5.69 Å². The van der Waals surface area contributed by atoms with E-state index in [4.69, 9.17) is 14.2 Å². The predicted molar refractivity (Wildman–Crippen MR) is 124 cm³/mol. The van der Waals surface area contributed by atoms with Crippen molar-refractivity contribution in [2.75, 3.05) is 31.8 Å². The molecule has 1 unspecified atom stereocenters. The third-order valence-electron chi connectivity index (χ3n) is 5.14. The molecule has 0 aromatic heterocycles. The Bertz CT molecular complexity index is 1070. The fourth-order valence-electron chi connectivity index (χ4n) is 3.49. The van der Waals surface area contributed by atoms with E-state index in [2.05, 4.69) is 16.0 Å². The van der Waals surface area contributed by atoms with E-state index in [1.165, 1.54) is 0 Å². The Morgan fingerprint density at radius 3 is 2.34 bits per heavy atom. The Morgan fingerprint density at radius 2 is 1.66 bits per heavy atom. The van der Waals surface area contributed by atoms with E-state index < -0.39 is 6.04 Å². The van der Waals surface area contributed by atoms with Gasteiger partial charge in [-0.1, -0.05) is 30.3 Å². The summed E-state index contributed by atoms with van der Waals surface area (Å²) < 4.78 is 16.7. The van der Waals surface area contributed by atoms with Crippen molar-refractivity contribution in [3.05, 3.63) is 90.0 Å². The first kappa shape index (κ1) is 21.4. The largest absolute Gasteiger partial charge is 0.497 e. The number of ether oxygens (including phenoxy) is 3. The number of rotatable bonds is 9. The Hall–Kier alpha value is -3.82. The maximum Gasteiger partial charge on any atom is 0.156 e. The molecular formula is C26H25N3O3. The molecule has 0 fully saturated rings. The molecule has 162 valence electrons. The molecule has 1 atom stereocenters. The summed E-state index contributed by atoms with van der Waals surface area (Å²) >= 11 is 0. The molecule has 1 aliphatic rings. The zero-order chi connectivity index (χ0) is 22.2. The van der Waals surface area contributed by atoms with Gasteiger partial charge >= 0.3 is 0 Å². The van der Waals surface area contributed by atoms with Crippen molar-refractivity contribution in [2.24, 2.45) is 4.99 Å². The summed E-state index contributed by atoms with van der Waals surface area (Å²) in [7, 11) is 1.64. The minimum absolute atomic E-state index is 0.398. The molecule has 0 bridgehead atoms. The first-order valence-corrected chi connectivity index (χ1v) is 10.5. The number of anilines is 1. The quantitative estimate of drug-likeness (QED) is 0.472. The second-order valence-electron chi connectivity index (χ2n) is 7.32. The zero-order valence-electron chi connectivity index (χ0n) is 18.0. The molecule has 0 N–H and O–H groups in total. The summed E-state index contributed by atoms with van der Waals surface area (Å²) in [6.45, 7) is 2.09. The predicted octanol–water partition coefficient (Wildman–Crippen LogP) is 4.45. The fraction of sp³-hybridized carbons (Fsp3) is 0.231. The molecule has 0 saturated carbocycles. The molecule has 0 radical (unpaired) electrons. The number of nitrogens with zero attached hydrogens (tertiary/aromatic N) is 3. The average molecular weight is 428 g/mol. The van der Waals surface area contributed by atoms with Gasteiger partial charge in [-0.05, 0) is 54.1 Å². The van der Waals surface area contributed by atoms with E-state index >= 15 is 0 Å². The summed E-state index contributed by atoms with van der Waals surface area (Å²) in [4.78, 5) is 6.66. The molecule has 6 nitrogen and oxygen atoms in total. The van der Waals surface area contributed by atoms with Crippen LogP contribution < -0.4 is 14.4 Å². The third-order valence-corrected chi connectivity index (χ3v) is 5.14. The summed E-state index contributed by atoms with van der Waals surface area (Å²) in [5.74, 6) is 2.34. The second-order valence-corrected chi connectivity index (χ2v) is 7.32. The lowest BCUT2D eigenvalue weighted by Crippen LogP contribution is -2.29. The molecule has 1 heterocycles. The van der Waals surface area contributed by atoms with Crippen molar-refractivity contribution in [1.29, 1.82) is 5.26 Å². The molecule has 0 amide bonds. The van der Waals surface area contributed by atoms with Gasteiger partial charge in [-0.25, -0.2) is 4.99 Å². The highest BCUT2D eigenvalue weighted by molar-refractivity contribution is 6.11. The number of aliphatic imine (C=N–C) groups is 1. The van der Waals surface area contributed by atoms with Gasteiger partial charge in [0.2, 0.25) is 0 Å². The topological polar surface area (TPSA) is 67.1 Å². The van der Waals surface area contributed by atoms with Crippen molar-refractivity contribution in [3.63, 3.8) is 0 Å². The van der Waals surface area contributed by atoms with E-state index in [-0.39, 0.29) is 0 Å². The van der Waals surface area contributed by atoms with E-state index in [0.29, 0.717) is 26.4 Å². The smallest absolute Gasteiger partial charge is 0.156 e. The van der Waals surface area contributed by atoms with Crippen LogP contribution in [-0.2, 0) is 11.3 Å². The number of methoxy groups -OCH3 is 1. The maximum atomic E-state index is 9.40. The van der Waals surface area contributed by atoms with E-state index in [1.807, 2.05) is 78.9 Å².